The van der Waals surface area contributed by atoms with Gasteiger partial charge >= 0.3 is 0 Å². The Labute approximate surface area is 131 Å². The lowest BCUT2D eigenvalue weighted by molar-refractivity contribution is -0.0543. The maximum atomic E-state index is 9.92. The van der Waals surface area contributed by atoms with Crippen LogP contribution in [0, 0.1) is 18.3 Å². The van der Waals surface area contributed by atoms with Gasteiger partial charge in [0.15, 0.2) is 0 Å². The number of aromatic nitrogens is 2. The van der Waals surface area contributed by atoms with E-state index in [4.69, 9.17) is 14.7 Å². The van der Waals surface area contributed by atoms with Crippen LogP contribution in [-0.2, 0) is 17.6 Å². The molecule has 3 heterocycles. The fourth-order valence-corrected chi connectivity index (χ4v) is 4.38. The van der Waals surface area contributed by atoms with Crippen molar-refractivity contribution < 1.29 is 9.84 Å². The normalized spacial score (nSPS) is 31.0. The van der Waals surface area contributed by atoms with Crippen molar-refractivity contribution in [3.63, 3.8) is 0 Å². The summed E-state index contributed by atoms with van der Waals surface area (Å²) in [6.07, 6.45) is 5.73. The molecule has 1 aliphatic carbocycles. The number of hydrogen-bond donors (Lipinski definition) is 1. The van der Waals surface area contributed by atoms with Gasteiger partial charge in [0.1, 0.15) is 0 Å². The summed E-state index contributed by atoms with van der Waals surface area (Å²) in [5.41, 5.74) is 3.64. The minimum absolute atomic E-state index is 0.120. The molecule has 2 atom stereocenters. The van der Waals surface area contributed by atoms with Crippen molar-refractivity contribution in [2.45, 2.75) is 39.0 Å². The summed E-state index contributed by atoms with van der Waals surface area (Å²) >= 11 is 0. The van der Waals surface area contributed by atoms with E-state index >= 15 is 0 Å². The van der Waals surface area contributed by atoms with Crippen LogP contribution in [0.2, 0.25) is 0 Å². The zero-order chi connectivity index (χ0) is 15.2. The van der Waals surface area contributed by atoms with Crippen LogP contribution in [0.5, 0.6) is 0 Å². The molecule has 22 heavy (non-hydrogen) atoms. The number of ether oxygens (including phenoxy) is 1. The first-order valence-corrected chi connectivity index (χ1v) is 8.52. The molecule has 5 heteroatoms. The fourth-order valence-electron chi connectivity index (χ4n) is 4.38. The number of hydrogen-bond acceptors (Lipinski definition) is 5. The Kier molecular flexibility index (Phi) is 3.57. The minimum atomic E-state index is -0.120. The average molecular weight is 303 g/mol. The lowest BCUT2D eigenvalue weighted by Crippen LogP contribution is -2.43. The predicted octanol–water partition coefficient (Wildman–Crippen LogP) is 1.50. The van der Waals surface area contributed by atoms with Crippen LogP contribution in [0.1, 0.15) is 36.2 Å². The van der Waals surface area contributed by atoms with Gasteiger partial charge in [-0.2, -0.15) is 0 Å². The molecule has 0 bridgehead atoms. The van der Waals surface area contributed by atoms with Gasteiger partial charge in [0.05, 0.1) is 13.2 Å². The zero-order valence-electron chi connectivity index (χ0n) is 13.3. The highest BCUT2D eigenvalue weighted by molar-refractivity contribution is 5.40. The number of aliphatic hydroxyl groups is 1. The molecule has 0 aromatic carbocycles. The summed E-state index contributed by atoms with van der Waals surface area (Å²) in [6.45, 7) is 5.54. The molecule has 3 aliphatic rings. The molecule has 1 N–H and O–H groups in total. The van der Waals surface area contributed by atoms with Gasteiger partial charge in [-0.3, -0.25) is 0 Å². The summed E-state index contributed by atoms with van der Waals surface area (Å²) in [5.74, 6) is 1.35. The molecule has 0 unspecified atom stereocenters. The number of anilines is 1. The third-order valence-electron chi connectivity index (χ3n) is 5.79. The van der Waals surface area contributed by atoms with Gasteiger partial charge in [-0.15, -0.1) is 0 Å². The number of fused-ring (bicyclic) bond motifs is 2. The van der Waals surface area contributed by atoms with Crippen LogP contribution < -0.4 is 4.90 Å². The smallest absolute Gasteiger partial charge is 0.225 e. The van der Waals surface area contributed by atoms with Gasteiger partial charge in [-0.05, 0) is 50.5 Å². The van der Waals surface area contributed by atoms with Gasteiger partial charge < -0.3 is 14.7 Å². The van der Waals surface area contributed by atoms with E-state index in [0.29, 0.717) is 12.5 Å². The molecule has 0 radical (unpaired) electrons. The molecule has 0 spiro atoms. The monoisotopic (exact) mass is 303 g/mol. The van der Waals surface area contributed by atoms with Crippen molar-refractivity contribution in [3.05, 3.63) is 17.0 Å². The number of aliphatic hydroxyl groups excluding tert-OH is 1. The Morgan fingerprint density at radius 1 is 1.32 bits per heavy atom. The molecule has 5 nitrogen and oxygen atoms in total. The SMILES string of the molecule is Cc1nc(N2C[C@@H]3CCOC[C@]3(CO)C2)nc2c1CCCC2. The average Bonchev–Trinajstić information content (AvgIpc) is 2.95. The lowest BCUT2D eigenvalue weighted by atomic mass is 9.76. The molecular formula is C17H25N3O2. The van der Waals surface area contributed by atoms with Crippen molar-refractivity contribution in [2.24, 2.45) is 11.3 Å². The highest BCUT2D eigenvalue weighted by atomic mass is 16.5. The first kappa shape index (κ1) is 14.4. The molecule has 2 fully saturated rings. The van der Waals surface area contributed by atoms with Gasteiger partial charge in [0, 0.05) is 36.5 Å². The lowest BCUT2D eigenvalue weighted by Gasteiger charge is -2.36. The molecule has 1 aromatic heterocycles. The van der Waals surface area contributed by atoms with Crippen LogP contribution in [-0.4, -0.2) is 48.0 Å². The maximum absolute atomic E-state index is 9.92. The summed E-state index contributed by atoms with van der Waals surface area (Å²) in [6, 6.07) is 0. The van der Waals surface area contributed by atoms with E-state index < -0.39 is 0 Å². The van der Waals surface area contributed by atoms with E-state index in [1.165, 1.54) is 24.1 Å². The van der Waals surface area contributed by atoms with E-state index in [1.54, 1.807) is 0 Å². The van der Waals surface area contributed by atoms with E-state index in [-0.39, 0.29) is 12.0 Å². The second-order valence-corrected chi connectivity index (χ2v) is 7.18. The quantitative estimate of drug-likeness (QED) is 0.897. The minimum Gasteiger partial charge on any atom is -0.396 e. The van der Waals surface area contributed by atoms with E-state index in [0.717, 1.165) is 50.6 Å². The van der Waals surface area contributed by atoms with Crippen LogP contribution in [0.25, 0.3) is 0 Å². The second kappa shape index (κ2) is 5.46. The van der Waals surface area contributed by atoms with Gasteiger partial charge in [-0.25, -0.2) is 9.97 Å². The van der Waals surface area contributed by atoms with Crippen LogP contribution in [0.3, 0.4) is 0 Å². The molecular weight excluding hydrogens is 278 g/mol. The molecule has 2 aliphatic heterocycles. The Hall–Kier alpha value is -1.20. The third kappa shape index (κ3) is 2.22. The first-order chi connectivity index (χ1) is 10.7. The third-order valence-corrected chi connectivity index (χ3v) is 5.79. The maximum Gasteiger partial charge on any atom is 0.225 e. The summed E-state index contributed by atoms with van der Waals surface area (Å²) in [5, 5.41) is 9.92. The van der Waals surface area contributed by atoms with Crippen molar-refractivity contribution in [1.82, 2.24) is 9.97 Å². The Bertz CT molecular complexity index is 577. The Balaban J connectivity index is 1.64. The van der Waals surface area contributed by atoms with E-state index in [2.05, 4.69) is 11.8 Å². The molecule has 2 saturated heterocycles. The summed E-state index contributed by atoms with van der Waals surface area (Å²) in [7, 11) is 0. The van der Waals surface area contributed by atoms with E-state index in [9.17, 15) is 5.11 Å². The molecule has 120 valence electrons. The van der Waals surface area contributed by atoms with Crippen molar-refractivity contribution in [1.29, 1.82) is 0 Å². The van der Waals surface area contributed by atoms with Crippen molar-refractivity contribution in [2.75, 3.05) is 37.8 Å². The van der Waals surface area contributed by atoms with Crippen molar-refractivity contribution in [3.8, 4) is 0 Å². The first-order valence-electron chi connectivity index (χ1n) is 8.52. The topological polar surface area (TPSA) is 58.5 Å². The highest BCUT2D eigenvalue weighted by Gasteiger charge is 2.49. The van der Waals surface area contributed by atoms with Crippen molar-refractivity contribution >= 4 is 5.95 Å². The predicted molar refractivity (Wildman–Crippen MR) is 84.1 cm³/mol. The molecule has 1 aromatic rings. The Morgan fingerprint density at radius 2 is 2.18 bits per heavy atom. The standard InChI is InChI=1S/C17H25N3O2/c1-12-14-4-2-3-5-15(14)19-16(18-12)20-8-13-6-7-22-11-17(13,9-20)10-21/h13,21H,2-11H2,1H3/t13-,17+/m0/s1. The van der Waals surface area contributed by atoms with Crippen LogP contribution >= 0.6 is 0 Å². The number of nitrogens with zero attached hydrogens (tertiary/aromatic N) is 3. The number of aryl methyl sites for hydroxylation is 2. The highest BCUT2D eigenvalue weighted by Crippen LogP contribution is 2.42. The molecule has 0 saturated carbocycles. The summed E-state index contributed by atoms with van der Waals surface area (Å²) < 4.78 is 5.65. The summed E-state index contributed by atoms with van der Waals surface area (Å²) in [4.78, 5) is 11.9. The zero-order valence-corrected chi connectivity index (χ0v) is 13.3. The van der Waals surface area contributed by atoms with Crippen LogP contribution in [0.15, 0.2) is 0 Å². The van der Waals surface area contributed by atoms with Gasteiger partial charge in [0.2, 0.25) is 5.95 Å². The Morgan fingerprint density at radius 3 is 3.00 bits per heavy atom. The van der Waals surface area contributed by atoms with E-state index in [1.807, 2.05) is 0 Å². The fraction of sp³-hybridized carbons (Fsp3) is 0.765. The second-order valence-electron chi connectivity index (χ2n) is 7.18. The van der Waals surface area contributed by atoms with Crippen LogP contribution in [0.4, 0.5) is 5.95 Å². The largest absolute Gasteiger partial charge is 0.396 e. The van der Waals surface area contributed by atoms with Gasteiger partial charge in [0.25, 0.3) is 0 Å². The molecule has 4 rings (SSSR count). The number of rotatable bonds is 2. The molecule has 0 amide bonds. The van der Waals surface area contributed by atoms with Gasteiger partial charge in [-0.1, -0.05) is 0 Å².